The Morgan fingerprint density at radius 2 is 1.69 bits per heavy atom. The highest BCUT2D eigenvalue weighted by molar-refractivity contribution is 6.04. The molecule has 1 aliphatic rings. The number of carbonyl (C=O) groups excluding carboxylic acids is 2. The van der Waals surface area contributed by atoms with Crippen LogP contribution in [0.25, 0.3) is 0 Å². The van der Waals surface area contributed by atoms with E-state index in [9.17, 15) is 9.59 Å². The fourth-order valence-corrected chi connectivity index (χ4v) is 3.00. The fraction of sp³-hybridized carbons (Fsp3) is 0.333. The van der Waals surface area contributed by atoms with Gasteiger partial charge in [-0.05, 0) is 61.2 Å². The lowest BCUT2D eigenvalue weighted by atomic mass is 9.94. The van der Waals surface area contributed by atoms with Gasteiger partial charge < -0.3 is 15.4 Å². The number of benzene rings is 2. The van der Waals surface area contributed by atoms with Crippen LogP contribution >= 0.6 is 0 Å². The van der Waals surface area contributed by atoms with Crippen molar-refractivity contribution in [1.29, 1.82) is 0 Å². The smallest absolute Gasteiger partial charge is 0.255 e. The molecule has 2 N–H and O–H groups in total. The van der Waals surface area contributed by atoms with Crippen molar-refractivity contribution in [2.45, 2.75) is 31.6 Å². The number of hydrogen-bond acceptors (Lipinski definition) is 3. The molecule has 1 saturated carbocycles. The molecule has 5 nitrogen and oxygen atoms in total. The molecular formula is C21H24N2O3. The monoisotopic (exact) mass is 352 g/mol. The molecule has 1 fully saturated rings. The van der Waals surface area contributed by atoms with Gasteiger partial charge in [-0.3, -0.25) is 9.59 Å². The first kappa shape index (κ1) is 18.0. The van der Waals surface area contributed by atoms with Gasteiger partial charge in [0.25, 0.3) is 5.91 Å². The summed E-state index contributed by atoms with van der Waals surface area (Å²) < 4.78 is 5.10. The van der Waals surface area contributed by atoms with Crippen molar-refractivity contribution in [2.75, 3.05) is 19.0 Å². The van der Waals surface area contributed by atoms with Crippen LogP contribution in [-0.4, -0.2) is 25.5 Å². The lowest BCUT2D eigenvalue weighted by Gasteiger charge is -2.16. The second-order valence-electron chi connectivity index (χ2n) is 6.60. The number of nitrogens with one attached hydrogen (secondary N) is 2. The predicted molar refractivity (Wildman–Crippen MR) is 102 cm³/mol. The minimum Gasteiger partial charge on any atom is -0.497 e. The Morgan fingerprint density at radius 1 is 1.04 bits per heavy atom. The van der Waals surface area contributed by atoms with Crippen molar-refractivity contribution >= 4 is 17.5 Å². The molecule has 136 valence electrons. The zero-order chi connectivity index (χ0) is 18.6. The van der Waals surface area contributed by atoms with Crippen molar-refractivity contribution in [1.82, 2.24) is 5.32 Å². The van der Waals surface area contributed by atoms with Gasteiger partial charge in [0.15, 0.2) is 0 Å². The summed E-state index contributed by atoms with van der Waals surface area (Å²) in [7, 11) is 1.59. The standard InChI is InChI=1S/C21H24N2O3/c1-3-14-22-20(25)21(12-13-21)16-6-8-17(9-7-16)23-19(24)15-4-10-18(26-2)11-5-15/h4-11H,3,12-14H2,1-2H3,(H,22,25)(H,23,24). The van der Waals surface area contributed by atoms with E-state index >= 15 is 0 Å². The van der Waals surface area contributed by atoms with Gasteiger partial charge >= 0.3 is 0 Å². The summed E-state index contributed by atoms with van der Waals surface area (Å²) in [4.78, 5) is 24.7. The van der Waals surface area contributed by atoms with Gasteiger partial charge in [-0.25, -0.2) is 0 Å². The quantitative estimate of drug-likeness (QED) is 0.801. The molecule has 26 heavy (non-hydrogen) atoms. The van der Waals surface area contributed by atoms with Crippen LogP contribution < -0.4 is 15.4 Å². The molecular weight excluding hydrogens is 328 g/mol. The Bertz CT molecular complexity index is 778. The summed E-state index contributed by atoms with van der Waals surface area (Å²) in [6, 6.07) is 14.5. The van der Waals surface area contributed by atoms with Crippen LogP contribution in [0.1, 0.15) is 42.1 Å². The van der Waals surface area contributed by atoms with Crippen LogP contribution in [0.5, 0.6) is 5.75 Å². The second kappa shape index (κ2) is 7.60. The van der Waals surface area contributed by atoms with Crippen molar-refractivity contribution in [3.05, 3.63) is 59.7 Å². The van der Waals surface area contributed by atoms with E-state index in [0.717, 1.165) is 24.8 Å². The summed E-state index contributed by atoms with van der Waals surface area (Å²) >= 11 is 0. The molecule has 5 heteroatoms. The van der Waals surface area contributed by atoms with Crippen molar-refractivity contribution in [3.8, 4) is 5.75 Å². The summed E-state index contributed by atoms with van der Waals surface area (Å²) in [5.74, 6) is 0.638. The molecule has 0 unspecified atom stereocenters. The van der Waals surface area contributed by atoms with E-state index < -0.39 is 0 Å². The number of anilines is 1. The molecule has 0 spiro atoms. The van der Waals surface area contributed by atoms with Crippen molar-refractivity contribution in [3.63, 3.8) is 0 Å². The maximum absolute atomic E-state index is 12.4. The molecule has 1 aliphatic carbocycles. The molecule has 0 aliphatic heterocycles. The lowest BCUT2D eigenvalue weighted by molar-refractivity contribution is -0.123. The molecule has 2 amide bonds. The molecule has 0 aromatic heterocycles. The highest BCUT2D eigenvalue weighted by Crippen LogP contribution is 2.48. The Kier molecular flexibility index (Phi) is 5.26. The predicted octanol–water partition coefficient (Wildman–Crippen LogP) is 3.51. The third-order valence-electron chi connectivity index (χ3n) is 4.77. The largest absolute Gasteiger partial charge is 0.497 e. The Balaban J connectivity index is 1.66. The number of methoxy groups -OCH3 is 1. The minimum absolute atomic E-state index is 0.106. The number of hydrogen-bond donors (Lipinski definition) is 2. The van der Waals surface area contributed by atoms with Crippen LogP contribution in [0, 0.1) is 0 Å². The summed E-state index contributed by atoms with van der Waals surface area (Å²) in [5, 5.41) is 5.87. The van der Waals surface area contributed by atoms with Gasteiger partial charge in [-0.1, -0.05) is 19.1 Å². The maximum Gasteiger partial charge on any atom is 0.255 e. The number of ether oxygens (including phenoxy) is 1. The van der Waals surface area contributed by atoms with Crippen LogP contribution in [0.15, 0.2) is 48.5 Å². The van der Waals surface area contributed by atoms with Gasteiger partial charge in [-0.2, -0.15) is 0 Å². The van der Waals surface area contributed by atoms with Gasteiger partial charge in [-0.15, -0.1) is 0 Å². The Labute approximate surface area is 153 Å². The van der Waals surface area contributed by atoms with E-state index in [1.54, 1.807) is 31.4 Å². The molecule has 3 rings (SSSR count). The molecule has 0 bridgehead atoms. The third-order valence-corrected chi connectivity index (χ3v) is 4.77. The van der Waals surface area contributed by atoms with E-state index in [-0.39, 0.29) is 17.2 Å². The topological polar surface area (TPSA) is 67.4 Å². The number of carbonyl (C=O) groups is 2. The summed E-state index contributed by atoms with van der Waals surface area (Å²) in [5.41, 5.74) is 1.90. The van der Waals surface area contributed by atoms with E-state index in [0.29, 0.717) is 23.5 Å². The molecule has 0 saturated heterocycles. The first-order valence-electron chi connectivity index (χ1n) is 8.93. The molecule has 2 aromatic carbocycles. The minimum atomic E-state index is -0.381. The summed E-state index contributed by atoms with van der Waals surface area (Å²) in [6.45, 7) is 2.75. The number of rotatable bonds is 7. The van der Waals surface area contributed by atoms with E-state index in [1.165, 1.54) is 0 Å². The first-order valence-corrected chi connectivity index (χ1v) is 8.93. The van der Waals surface area contributed by atoms with Crippen LogP contribution in [0.4, 0.5) is 5.69 Å². The summed E-state index contributed by atoms with van der Waals surface area (Å²) in [6.07, 6.45) is 2.68. The zero-order valence-electron chi connectivity index (χ0n) is 15.2. The Hall–Kier alpha value is -2.82. The van der Waals surface area contributed by atoms with E-state index in [4.69, 9.17) is 4.74 Å². The van der Waals surface area contributed by atoms with Crippen molar-refractivity contribution < 1.29 is 14.3 Å². The second-order valence-corrected chi connectivity index (χ2v) is 6.60. The van der Waals surface area contributed by atoms with Gasteiger partial charge in [0.2, 0.25) is 5.91 Å². The average Bonchev–Trinajstić information content (AvgIpc) is 3.48. The van der Waals surface area contributed by atoms with Crippen LogP contribution in [0.2, 0.25) is 0 Å². The zero-order valence-corrected chi connectivity index (χ0v) is 15.2. The normalized spacial score (nSPS) is 14.4. The van der Waals surface area contributed by atoms with E-state index in [1.807, 2.05) is 31.2 Å². The fourth-order valence-electron chi connectivity index (χ4n) is 3.00. The Morgan fingerprint density at radius 3 is 2.23 bits per heavy atom. The van der Waals surface area contributed by atoms with Crippen LogP contribution in [0.3, 0.4) is 0 Å². The lowest BCUT2D eigenvalue weighted by Crippen LogP contribution is -2.35. The highest BCUT2D eigenvalue weighted by atomic mass is 16.5. The molecule has 2 aromatic rings. The average molecular weight is 352 g/mol. The molecule has 0 heterocycles. The van der Waals surface area contributed by atoms with Gasteiger partial charge in [0, 0.05) is 17.8 Å². The van der Waals surface area contributed by atoms with E-state index in [2.05, 4.69) is 10.6 Å². The SMILES string of the molecule is CCCNC(=O)C1(c2ccc(NC(=O)c3ccc(OC)cc3)cc2)CC1. The van der Waals surface area contributed by atoms with Crippen molar-refractivity contribution in [2.24, 2.45) is 0 Å². The van der Waals surface area contributed by atoms with Crippen LogP contribution in [-0.2, 0) is 10.2 Å². The van der Waals surface area contributed by atoms with Gasteiger partial charge in [0.05, 0.1) is 12.5 Å². The molecule has 0 atom stereocenters. The first-order chi connectivity index (χ1) is 12.6. The molecule has 0 radical (unpaired) electrons. The number of amides is 2. The van der Waals surface area contributed by atoms with Gasteiger partial charge in [0.1, 0.15) is 5.75 Å². The maximum atomic E-state index is 12.4. The highest BCUT2D eigenvalue weighted by Gasteiger charge is 2.50. The third kappa shape index (κ3) is 3.72.